The number of rotatable bonds is 5. The number of esters is 1. The van der Waals surface area contributed by atoms with Crippen LogP contribution >= 0.6 is 0 Å². The van der Waals surface area contributed by atoms with Gasteiger partial charge in [-0.25, -0.2) is 4.79 Å². The quantitative estimate of drug-likeness (QED) is 0.292. The Balaban J connectivity index is 1.51. The van der Waals surface area contributed by atoms with E-state index in [1.165, 1.54) is 7.11 Å². The average Bonchev–Trinajstić information content (AvgIpc) is 3.55. The highest BCUT2D eigenvalue weighted by atomic mass is 16.5. The third-order valence-corrected chi connectivity index (χ3v) is 6.68. The molecule has 2 N–H and O–H groups in total. The number of carbonyl (C=O) groups excluding carboxylic acids is 3. The van der Waals surface area contributed by atoms with Crippen LogP contribution < -0.4 is 0 Å². The second-order valence-corrected chi connectivity index (χ2v) is 8.54. The van der Waals surface area contributed by atoms with Gasteiger partial charge in [0.25, 0.3) is 11.8 Å². The lowest BCUT2D eigenvalue weighted by Gasteiger charge is -2.24. The Hall–Kier alpha value is -4.65. The van der Waals surface area contributed by atoms with Crippen LogP contribution in [0.2, 0.25) is 0 Å². The predicted molar refractivity (Wildman–Crippen MR) is 132 cm³/mol. The van der Waals surface area contributed by atoms with Crippen LogP contribution in [-0.2, 0) is 16.0 Å². The van der Waals surface area contributed by atoms with Gasteiger partial charge in [-0.2, -0.15) is 0 Å². The number of imide groups is 1. The van der Waals surface area contributed by atoms with Crippen molar-refractivity contribution in [3.8, 4) is 11.3 Å². The molecule has 2 amide bonds. The standard InChI is InChI=1S/C28H21N3O4/c1-35-28(34)24(31-26(32)18-10-2-3-11-19(18)27(31)33)14-20-16-8-5-7-13-23(16)30-25(20)21-15-29-22-12-6-4-9-17(21)22/h2-13,15,24,29-30H,14H2,1H3/t24-/m0/s1. The van der Waals surface area contributed by atoms with Gasteiger partial charge in [-0.15, -0.1) is 0 Å². The molecular weight excluding hydrogens is 442 g/mol. The SMILES string of the molecule is COC(=O)[C@H](Cc1c(-c2c[nH]c3ccccc23)[nH]c2ccccc12)N1C(=O)c2ccccc2C1=O. The summed E-state index contributed by atoms with van der Waals surface area (Å²) in [5.74, 6) is -1.63. The first-order chi connectivity index (χ1) is 17.1. The Bertz CT molecular complexity index is 1610. The molecule has 7 nitrogen and oxygen atoms in total. The fourth-order valence-corrected chi connectivity index (χ4v) is 5.02. The van der Waals surface area contributed by atoms with Crippen LogP contribution in [0.3, 0.4) is 0 Å². The molecule has 3 heterocycles. The zero-order valence-electron chi connectivity index (χ0n) is 18.9. The summed E-state index contributed by atoms with van der Waals surface area (Å²) in [6, 6.07) is 21.2. The van der Waals surface area contributed by atoms with Crippen molar-refractivity contribution in [1.29, 1.82) is 0 Å². The van der Waals surface area contributed by atoms with Crippen molar-refractivity contribution in [2.45, 2.75) is 12.5 Å². The molecule has 6 rings (SSSR count). The first-order valence-corrected chi connectivity index (χ1v) is 11.3. The molecule has 7 heteroatoms. The summed E-state index contributed by atoms with van der Waals surface area (Å²) >= 11 is 0. The van der Waals surface area contributed by atoms with E-state index in [0.717, 1.165) is 43.5 Å². The number of aromatic nitrogens is 2. The van der Waals surface area contributed by atoms with Crippen molar-refractivity contribution in [3.05, 3.63) is 95.7 Å². The van der Waals surface area contributed by atoms with Crippen molar-refractivity contribution in [2.75, 3.05) is 7.11 Å². The number of nitrogens with zero attached hydrogens (tertiary/aromatic N) is 1. The van der Waals surface area contributed by atoms with Crippen LogP contribution in [0.5, 0.6) is 0 Å². The monoisotopic (exact) mass is 463 g/mol. The topological polar surface area (TPSA) is 95.3 Å². The maximum absolute atomic E-state index is 13.2. The van der Waals surface area contributed by atoms with Crippen LogP contribution in [0.15, 0.2) is 79.0 Å². The number of nitrogens with one attached hydrogen (secondary N) is 2. The second-order valence-electron chi connectivity index (χ2n) is 8.54. The molecule has 1 atom stereocenters. The van der Waals surface area contributed by atoms with Crippen molar-refractivity contribution in [2.24, 2.45) is 0 Å². The molecule has 3 aromatic carbocycles. The van der Waals surface area contributed by atoms with Gasteiger partial charge in [-0.1, -0.05) is 48.5 Å². The molecule has 0 radical (unpaired) electrons. The Kier molecular flexibility index (Phi) is 4.77. The van der Waals surface area contributed by atoms with E-state index in [4.69, 9.17) is 4.74 Å². The number of H-pyrrole nitrogens is 2. The van der Waals surface area contributed by atoms with E-state index in [1.54, 1.807) is 24.3 Å². The highest BCUT2D eigenvalue weighted by molar-refractivity contribution is 6.22. The Morgan fingerprint density at radius 3 is 2.11 bits per heavy atom. The van der Waals surface area contributed by atoms with E-state index in [2.05, 4.69) is 9.97 Å². The normalized spacial score (nSPS) is 14.0. The van der Waals surface area contributed by atoms with Crippen molar-refractivity contribution in [3.63, 3.8) is 0 Å². The lowest BCUT2D eigenvalue weighted by Crippen LogP contribution is -2.46. The second kappa shape index (κ2) is 7.99. The molecule has 2 aromatic heterocycles. The van der Waals surface area contributed by atoms with Gasteiger partial charge < -0.3 is 14.7 Å². The lowest BCUT2D eigenvalue weighted by molar-refractivity contribution is -0.145. The van der Waals surface area contributed by atoms with Crippen molar-refractivity contribution in [1.82, 2.24) is 14.9 Å². The van der Waals surface area contributed by atoms with Gasteiger partial charge in [0, 0.05) is 40.0 Å². The number of aromatic amines is 2. The molecular formula is C28H21N3O4. The van der Waals surface area contributed by atoms with Gasteiger partial charge in [0.1, 0.15) is 6.04 Å². The minimum Gasteiger partial charge on any atom is -0.467 e. The number of hydrogen-bond acceptors (Lipinski definition) is 4. The number of para-hydroxylation sites is 2. The van der Waals surface area contributed by atoms with Gasteiger partial charge in [-0.05, 0) is 29.8 Å². The fraction of sp³-hybridized carbons (Fsp3) is 0.107. The molecule has 0 bridgehead atoms. The molecule has 0 fully saturated rings. The highest BCUT2D eigenvalue weighted by Gasteiger charge is 2.43. The molecule has 1 aliphatic heterocycles. The summed E-state index contributed by atoms with van der Waals surface area (Å²) < 4.78 is 5.08. The maximum atomic E-state index is 13.2. The van der Waals surface area contributed by atoms with E-state index in [0.29, 0.717) is 11.1 Å². The first kappa shape index (κ1) is 20.9. The molecule has 0 aliphatic carbocycles. The summed E-state index contributed by atoms with van der Waals surface area (Å²) in [4.78, 5) is 47.3. The van der Waals surface area contributed by atoms with Gasteiger partial charge in [-0.3, -0.25) is 14.5 Å². The van der Waals surface area contributed by atoms with Crippen LogP contribution in [-0.4, -0.2) is 45.8 Å². The third-order valence-electron chi connectivity index (χ3n) is 6.68. The van der Waals surface area contributed by atoms with Crippen molar-refractivity contribution < 1.29 is 19.1 Å². The molecule has 0 saturated carbocycles. The molecule has 0 spiro atoms. The van der Waals surface area contributed by atoms with Crippen LogP contribution in [0.1, 0.15) is 26.3 Å². The summed E-state index contributed by atoms with van der Waals surface area (Å²) in [6.45, 7) is 0. The smallest absolute Gasteiger partial charge is 0.329 e. The van der Waals surface area contributed by atoms with E-state index >= 15 is 0 Å². The molecule has 5 aromatic rings. The van der Waals surface area contributed by atoms with Crippen LogP contribution in [0.25, 0.3) is 33.1 Å². The Labute approximate surface area is 200 Å². The number of amides is 2. The summed E-state index contributed by atoms with van der Waals surface area (Å²) in [5.41, 5.74) is 5.07. The van der Waals surface area contributed by atoms with Crippen molar-refractivity contribution >= 4 is 39.6 Å². The Morgan fingerprint density at radius 2 is 1.43 bits per heavy atom. The minimum absolute atomic E-state index is 0.108. The Morgan fingerprint density at radius 1 is 0.829 bits per heavy atom. The molecule has 35 heavy (non-hydrogen) atoms. The van der Waals surface area contributed by atoms with Crippen LogP contribution in [0.4, 0.5) is 0 Å². The van der Waals surface area contributed by atoms with Gasteiger partial charge in [0.05, 0.1) is 23.9 Å². The molecule has 172 valence electrons. The number of methoxy groups -OCH3 is 1. The average molecular weight is 463 g/mol. The third kappa shape index (κ3) is 3.16. The van der Waals surface area contributed by atoms with Gasteiger partial charge >= 0.3 is 5.97 Å². The number of benzene rings is 3. The fourth-order valence-electron chi connectivity index (χ4n) is 5.02. The number of fused-ring (bicyclic) bond motifs is 3. The largest absolute Gasteiger partial charge is 0.467 e. The summed E-state index contributed by atoms with van der Waals surface area (Å²) in [6.07, 6.45) is 2.03. The first-order valence-electron chi connectivity index (χ1n) is 11.3. The highest BCUT2D eigenvalue weighted by Crippen LogP contribution is 2.37. The van der Waals surface area contributed by atoms with E-state index in [1.807, 2.05) is 54.7 Å². The van der Waals surface area contributed by atoms with Gasteiger partial charge in [0.2, 0.25) is 0 Å². The van der Waals surface area contributed by atoms with E-state index in [-0.39, 0.29) is 6.42 Å². The predicted octanol–water partition coefficient (Wildman–Crippen LogP) is 4.70. The molecule has 0 unspecified atom stereocenters. The number of ether oxygens (including phenoxy) is 1. The van der Waals surface area contributed by atoms with Gasteiger partial charge in [0.15, 0.2) is 0 Å². The minimum atomic E-state index is -1.12. The number of hydrogen-bond donors (Lipinski definition) is 2. The summed E-state index contributed by atoms with van der Waals surface area (Å²) in [7, 11) is 1.27. The number of carbonyl (C=O) groups is 3. The lowest BCUT2D eigenvalue weighted by atomic mass is 9.97. The summed E-state index contributed by atoms with van der Waals surface area (Å²) in [5, 5.41) is 1.94. The van der Waals surface area contributed by atoms with E-state index < -0.39 is 23.8 Å². The molecule has 1 aliphatic rings. The van der Waals surface area contributed by atoms with E-state index in [9.17, 15) is 14.4 Å². The maximum Gasteiger partial charge on any atom is 0.329 e. The molecule has 0 saturated heterocycles. The zero-order valence-corrected chi connectivity index (χ0v) is 18.9. The van der Waals surface area contributed by atoms with Crippen LogP contribution in [0, 0.1) is 0 Å². The zero-order chi connectivity index (χ0) is 24.1.